The first-order chi connectivity index (χ1) is 12.2. The van der Waals surface area contributed by atoms with Crippen molar-refractivity contribution in [3.8, 4) is 11.5 Å². The number of carbonyl (C=O) groups excluding carboxylic acids is 1. The number of hydrogen-bond donors (Lipinski definition) is 0. The Balaban J connectivity index is 1.57. The number of piperidine rings is 1. The predicted octanol–water partition coefficient (Wildman–Crippen LogP) is 3.33. The molecule has 0 spiro atoms. The minimum absolute atomic E-state index is 0.0542. The minimum Gasteiger partial charge on any atom is -0.497 e. The zero-order valence-electron chi connectivity index (χ0n) is 14.8. The summed E-state index contributed by atoms with van der Waals surface area (Å²) in [6.07, 6.45) is 3.73. The van der Waals surface area contributed by atoms with Crippen LogP contribution in [0.4, 0.5) is 0 Å². The highest BCUT2D eigenvalue weighted by Gasteiger charge is 2.25. The number of pyridine rings is 1. The van der Waals surface area contributed by atoms with Gasteiger partial charge in [-0.1, -0.05) is 6.07 Å². The number of aryl methyl sites for hydroxylation is 1. The van der Waals surface area contributed by atoms with Gasteiger partial charge in [-0.2, -0.15) is 0 Å². The van der Waals surface area contributed by atoms with Gasteiger partial charge in [0, 0.05) is 37.0 Å². The first kappa shape index (κ1) is 17.3. The van der Waals surface area contributed by atoms with E-state index in [0.29, 0.717) is 18.1 Å². The van der Waals surface area contributed by atoms with Gasteiger partial charge in [-0.05, 0) is 44.0 Å². The van der Waals surface area contributed by atoms with Gasteiger partial charge in [-0.3, -0.25) is 9.78 Å². The fraction of sp³-hybridized carbons (Fsp3) is 0.400. The van der Waals surface area contributed by atoms with Crippen LogP contribution in [0.2, 0.25) is 0 Å². The summed E-state index contributed by atoms with van der Waals surface area (Å²) in [7, 11) is 1.64. The van der Waals surface area contributed by atoms with Crippen LogP contribution < -0.4 is 9.47 Å². The molecule has 1 aromatic carbocycles. The van der Waals surface area contributed by atoms with E-state index in [9.17, 15) is 4.79 Å². The largest absolute Gasteiger partial charge is 0.497 e. The van der Waals surface area contributed by atoms with E-state index in [2.05, 4.69) is 4.98 Å². The molecular formula is C20H24N2O3. The number of likely N-dealkylation sites (tertiary alicyclic amines) is 1. The van der Waals surface area contributed by atoms with E-state index in [-0.39, 0.29) is 5.91 Å². The lowest BCUT2D eigenvalue weighted by atomic mass is 9.98. The van der Waals surface area contributed by atoms with Crippen molar-refractivity contribution in [3.05, 3.63) is 53.9 Å². The molecule has 2 aromatic rings. The minimum atomic E-state index is 0.0542. The highest BCUT2D eigenvalue weighted by Crippen LogP contribution is 2.23. The van der Waals surface area contributed by atoms with E-state index in [1.807, 2.05) is 48.2 Å². The molecule has 3 rings (SSSR count). The van der Waals surface area contributed by atoms with Crippen LogP contribution in [-0.2, 0) is 0 Å². The molecule has 0 N–H and O–H groups in total. The molecule has 1 aliphatic rings. The van der Waals surface area contributed by atoms with E-state index < -0.39 is 0 Å². The molecule has 1 fully saturated rings. The Morgan fingerprint density at radius 3 is 2.88 bits per heavy atom. The molecule has 2 heterocycles. The lowest BCUT2D eigenvalue weighted by molar-refractivity contribution is 0.0633. The molecule has 0 unspecified atom stereocenters. The number of nitrogens with zero attached hydrogens (tertiary/aromatic N) is 2. The maximum atomic E-state index is 12.6. The summed E-state index contributed by atoms with van der Waals surface area (Å²) < 4.78 is 11.1. The maximum Gasteiger partial charge on any atom is 0.255 e. The molecular weight excluding hydrogens is 316 g/mol. The van der Waals surface area contributed by atoms with Crippen LogP contribution in [0.3, 0.4) is 0 Å². The number of hydrogen-bond acceptors (Lipinski definition) is 4. The van der Waals surface area contributed by atoms with Crippen LogP contribution in [0.1, 0.15) is 28.9 Å². The molecule has 1 amide bonds. The lowest BCUT2D eigenvalue weighted by Gasteiger charge is -2.32. The number of rotatable bonds is 5. The Kier molecular flexibility index (Phi) is 5.53. The van der Waals surface area contributed by atoms with Crippen LogP contribution in [0, 0.1) is 12.8 Å². The third-order valence-corrected chi connectivity index (χ3v) is 4.49. The Labute approximate surface area is 148 Å². The van der Waals surface area contributed by atoms with Gasteiger partial charge in [0.1, 0.15) is 11.5 Å². The molecule has 0 radical (unpaired) electrons. The quantitative estimate of drug-likeness (QED) is 0.838. The Bertz CT molecular complexity index is 715. The molecule has 0 bridgehead atoms. The summed E-state index contributed by atoms with van der Waals surface area (Å²) in [6, 6.07) is 11.3. The second-order valence-corrected chi connectivity index (χ2v) is 6.44. The fourth-order valence-corrected chi connectivity index (χ4v) is 3.07. The zero-order chi connectivity index (χ0) is 17.6. The monoisotopic (exact) mass is 340 g/mol. The molecule has 1 aromatic heterocycles. The van der Waals surface area contributed by atoms with Crippen LogP contribution in [0.5, 0.6) is 11.5 Å². The van der Waals surface area contributed by atoms with Gasteiger partial charge in [0.15, 0.2) is 0 Å². The van der Waals surface area contributed by atoms with Gasteiger partial charge in [0.25, 0.3) is 5.91 Å². The smallest absolute Gasteiger partial charge is 0.255 e. The number of benzene rings is 1. The highest BCUT2D eigenvalue weighted by atomic mass is 16.5. The summed E-state index contributed by atoms with van der Waals surface area (Å²) in [5, 5.41) is 0. The van der Waals surface area contributed by atoms with Gasteiger partial charge >= 0.3 is 0 Å². The summed E-state index contributed by atoms with van der Waals surface area (Å²) >= 11 is 0. The van der Waals surface area contributed by atoms with Crippen molar-refractivity contribution in [1.82, 2.24) is 9.88 Å². The van der Waals surface area contributed by atoms with Crippen LogP contribution in [0.25, 0.3) is 0 Å². The summed E-state index contributed by atoms with van der Waals surface area (Å²) in [5.41, 5.74) is 1.57. The second kappa shape index (κ2) is 8.01. The van der Waals surface area contributed by atoms with Crippen molar-refractivity contribution in [2.24, 2.45) is 5.92 Å². The average Bonchev–Trinajstić information content (AvgIpc) is 2.67. The molecule has 1 saturated heterocycles. The van der Waals surface area contributed by atoms with Gasteiger partial charge in [0.05, 0.1) is 19.3 Å². The molecule has 1 atom stereocenters. The average molecular weight is 340 g/mol. The molecule has 1 aliphatic heterocycles. The number of carbonyl (C=O) groups is 1. The summed E-state index contributed by atoms with van der Waals surface area (Å²) in [5.74, 6) is 1.97. The van der Waals surface area contributed by atoms with Crippen LogP contribution in [0.15, 0.2) is 42.6 Å². The van der Waals surface area contributed by atoms with Crippen molar-refractivity contribution in [2.75, 3.05) is 26.8 Å². The molecule has 5 nitrogen and oxygen atoms in total. The maximum absolute atomic E-state index is 12.6. The normalized spacial score (nSPS) is 17.2. The van der Waals surface area contributed by atoms with Gasteiger partial charge in [0.2, 0.25) is 0 Å². The standard InChI is InChI=1S/C20H24N2O3/c1-15-8-9-17(12-21-15)20(23)22-10-4-5-16(13-22)14-25-19-7-3-6-18(11-19)24-2/h3,6-9,11-12,16H,4-5,10,13-14H2,1-2H3/t16-/m1/s1. The van der Waals surface area contributed by atoms with E-state index in [1.165, 1.54) is 0 Å². The Hall–Kier alpha value is -2.56. The van der Waals surface area contributed by atoms with Crippen molar-refractivity contribution < 1.29 is 14.3 Å². The van der Waals surface area contributed by atoms with Crippen molar-refractivity contribution in [1.29, 1.82) is 0 Å². The van der Waals surface area contributed by atoms with E-state index >= 15 is 0 Å². The zero-order valence-corrected chi connectivity index (χ0v) is 14.8. The topological polar surface area (TPSA) is 51.7 Å². The van der Waals surface area contributed by atoms with Crippen molar-refractivity contribution in [3.63, 3.8) is 0 Å². The third-order valence-electron chi connectivity index (χ3n) is 4.49. The highest BCUT2D eigenvalue weighted by molar-refractivity contribution is 5.94. The van der Waals surface area contributed by atoms with E-state index in [1.54, 1.807) is 13.3 Å². The molecule has 25 heavy (non-hydrogen) atoms. The molecule has 132 valence electrons. The summed E-state index contributed by atoms with van der Waals surface area (Å²) in [6.45, 7) is 4.03. The Morgan fingerprint density at radius 2 is 2.12 bits per heavy atom. The SMILES string of the molecule is COc1cccc(OC[C@@H]2CCCN(C(=O)c3ccc(C)nc3)C2)c1. The third kappa shape index (κ3) is 4.50. The molecule has 0 aliphatic carbocycles. The lowest BCUT2D eigenvalue weighted by Crippen LogP contribution is -2.41. The van der Waals surface area contributed by atoms with Gasteiger partial charge in [-0.25, -0.2) is 0 Å². The van der Waals surface area contributed by atoms with Crippen molar-refractivity contribution in [2.45, 2.75) is 19.8 Å². The fourth-order valence-electron chi connectivity index (χ4n) is 3.07. The second-order valence-electron chi connectivity index (χ2n) is 6.44. The first-order valence-corrected chi connectivity index (χ1v) is 8.64. The van der Waals surface area contributed by atoms with Gasteiger partial charge < -0.3 is 14.4 Å². The molecule has 0 saturated carbocycles. The van der Waals surface area contributed by atoms with E-state index in [0.717, 1.165) is 43.1 Å². The number of amides is 1. The number of ether oxygens (including phenoxy) is 2. The van der Waals surface area contributed by atoms with E-state index in [4.69, 9.17) is 9.47 Å². The molecule has 5 heteroatoms. The van der Waals surface area contributed by atoms with Crippen LogP contribution in [-0.4, -0.2) is 42.6 Å². The number of aromatic nitrogens is 1. The summed E-state index contributed by atoms with van der Waals surface area (Å²) in [4.78, 5) is 18.8. The van der Waals surface area contributed by atoms with Crippen molar-refractivity contribution >= 4 is 5.91 Å². The van der Waals surface area contributed by atoms with Gasteiger partial charge in [-0.15, -0.1) is 0 Å². The first-order valence-electron chi connectivity index (χ1n) is 8.64. The number of methoxy groups -OCH3 is 1. The Morgan fingerprint density at radius 1 is 1.28 bits per heavy atom. The van der Waals surface area contributed by atoms with Crippen LogP contribution >= 0.6 is 0 Å². The predicted molar refractivity (Wildman–Crippen MR) is 96.1 cm³/mol.